The first-order chi connectivity index (χ1) is 13.6. The van der Waals surface area contributed by atoms with E-state index in [2.05, 4.69) is 5.32 Å². The first kappa shape index (κ1) is 20.0. The number of likely N-dealkylation sites (N-methyl/N-ethyl adjacent to an activating group) is 1. The van der Waals surface area contributed by atoms with Crippen LogP contribution in [0.1, 0.15) is 27.7 Å². The summed E-state index contributed by atoms with van der Waals surface area (Å²) < 4.78 is 11.1. The molecule has 1 heterocycles. The third-order valence-electron chi connectivity index (χ3n) is 4.43. The minimum absolute atomic E-state index is 0.0587. The first-order valence-electron chi connectivity index (χ1n) is 8.99. The van der Waals surface area contributed by atoms with Crippen LogP contribution in [0.25, 0.3) is 0 Å². The molecule has 1 atom stereocenters. The molecule has 2 aromatic carbocycles. The van der Waals surface area contributed by atoms with Gasteiger partial charge in [-0.25, -0.2) is 0 Å². The smallest absolute Gasteiger partial charge is 0.287 e. The van der Waals surface area contributed by atoms with E-state index in [-0.39, 0.29) is 24.3 Å². The van der Waals surface area contributed by atoms with E-state index in [9.17, 15) is 4.79 Å². The molecule has 0 aliphatic carbocycles. The predicted molar refractivity (Wildman–Crippen MR) is 110 cm³/mol. The summed E-state index contributed by atoms with van der Waals surface area (Å²) in [5, 5.41) is 3.61. The van der Waals surface area contributed by atoms with Gasteiger partial charge in [0.05, 0.1) is 12.3 Å². The van der Waals surface area contributed by atoms with Crippen LogP contribution in [-0.4, -0.2) is 31.4 Å². The minimum Gasteiger partial charge on any atom is -0.489 e. The van der Waals surface area contributed by atoms with Crippen molar-refractivity contribution in [2.75, 3.05) is 20.6 Å². The number of nitrogens with zero attached hydrogens (tertiary/aromatic N) is 1. The van der Waals surface area contributed by atoms with Gasteiger partial charge in [0.25, 0.3) is 5.91 Å². The van der Waals surface area contributed by atoms with Crippen molar-refractivity contribution >= 4 is 17.5 Å². The van der Waals surface area contributed by atoms with Crippen molar-refractivity contribution in [1.82, 2.24) is 10.2 Å². The monoisotopic (exact) mass is 398 g/mol. The van der Waals surface area contributed by atoms with Crippen LogP contribution in [0.2, 0.25) is 5.02 Å². The highest BCUT2D eigenvalue weighted by molar-refractivity contribution is 6.31. The number of halogens is 1. The fourth-order valence-corrected chi connectivity index (χ4v) is 3.17. The molecular formula is C22H23ClN2O3. The molecule has 3 aromatic rings. The zero-order chi connectivity index (χ0) is 19.9. The van der Waals surface area contributed by atoms with Crippen LogP contribution in [0, 0.1) is 0 Å². The third kappa shape index (κ3) is 4.94. The van der Waals surface area contributed by atoms with E-state index >= 15 is 0 Å². The number of benzene rings is 2. The van der Waals surface area contributed by atoms with E-state index in [0.717, 1.165) is 11.3 Å². The van der Waals surface area contributed by atoms with Gasteiger partial charge in [-0.3, -0.25) is 4.79 Å². The third-order valence-corrected chi connectivity index (χ3v) is 4.78. The predicted octanol–water partition coefficient (Wildman–Crippen LogP) is 4.54. The standard InChI is InChI=1S/C22H23ClN2O3/c1-25(2)20(18-10-6-7-11-19(18)23)14-24-22(26)21-16(12-13-27-21)15-28-17-8-4-3-5-9-17/h3-13,20H,14-15H2,1-2H3,(H,24,26). The second kappa shape index (κ2) is 9.44. The molecule has 5 nitrogen and oxygen atoms in total. The molecule has 3 rings (SSSR count). The zero-order valence-corrected chi connectivity index (χ0v) is 16.6. The number of carbonyl (C=O) groups is 1. The quantitative estimate of drug-likeness (QED) is 0.605. The highest BCUT2D eigenvalue weighted by atomic mass is 35.5. The molecule has 0 saturated carbocycles. The second-order valence-corrected chi connectivity index (χ2v) is 6.99. The van der Waals surface area contributed by atoms with Gasteiger partial charge in [0.2, 0.25) is 0 Å². The molecule has 0 aliphatic heterocycles. The van der Waals surface area contributed by atoms with Gasteiger partial charge >= 0.3 is 0 Å². The van der Waals surface area contributed by atoms with Gasteiger partial charge < -0.3 is 19.4 Å². The molecule has 1 unspecified atom stereocenters. The number of ether oxygens (including phenoxy) is 1. The van der Waals surface area contributed by atoms with Crippen LogP contribution in [0.4, 0.5) is 0 Å². The van der Waals surface area contributed by atoms with E-state index in [0.29, 0.717) is 17.1 Å². The van der Waals surface area contributed by atoms with E-state index in [1.807, 2.05) is 73.6 Å². The lowest BCUT2D eigenvalue weighted by atomic mass is 10.1. The van der Waals surface area contributed by atoms with Crippen LogP contribution >= 0.6 is 11.6 Å². The van der Waals surface area contributed by atoms with Crippen molar-refractivity contribution in [2.45, 2.75) is 12.6 Å². The molecule has 1 aromatic heterocycles. The number of carbonyl (C=O) groups excluding carboxylic acids is 1. The maximum absolute atomic E-state index is 12.7. The van der Waals surface area contributed by atoms with Crippen molar-refractivity contribution in [3.63, 3.8) is 0 Å². The van der Waals surface area contributed by atoms with Crippen LogP contribution in [-0.2, 0) is 6.61 Å². The molecule has 0 spiro atoms. The number of furan rings is 1. The summed E-state index contributed by atoms with van der Waals surface area (Å²) in [7, 11) is 3.90. The first-order valence-corrected chi connectivity index (χ1v) is 9.37. The van der Waals surface area contributed by atoms with Gasteiger partial charge in [-0.2, -0.15) is 0 Å². The second-order valence-electron chi connectivity index (χ2n) is 6.59. The fraction of sp³-hybridized carbons (Fsp3) is 0.227. The Morgan fingerprint density at radius 1 is 1.11 bits per heavy atom. The Kier molecular flexibility index (Phi) is 6.74. The molecule has 0 saturated heterocycles. The SMILES string of the molecule is CN(C)C(CNC(=O)c1occc1COc1ccccc1)c1ccccc1Cl. The molecule has 1 amide bonds. The van der Waals surface area contributed by atoms with Crippen molar-refractivity contribution in [2.24, 2.45) is 0 Å². The number of amides is 1. The van der Waals surface area contributed by atoms with E-state index < -0.39 is 0 Å². The van der Waals surface area contributed by atoms with E-state index in [4.69, 9.17) is 20.8 Å². The van der Waals surface area contributed by atoms with Crippen molar-refractivity contribution < 1.29 is 13.9 Å². The highest BCUT2D eigenvalue weighted by Gasteiger charge is 2.21. The Labute approximate surface area is 169 Å². The Morgan fingerprint density at radius 3 is 2.54 bits per heavy atom. The number of rotatable bonds is 8. The Morgan fingerprint density at radius 2 is 1.82 bits per heavy atom. The molecule has 146 valence electrons. The largest absolute Gasteiger partial charge is 0.489 e. The molecule has 0 fully saturated rings. The number of hydrogen-bond donors (Lipinski definition) is 1. The lowest BCUT2D eigenvalue weighted by Crippen LogP contribution is -2.35. The van der Waals surface area contributed by atoms with Crippen LogP contribution in [0.15, 0.2) is 71.3 Å². The van der Waals surface area contributed by atoms with Gasteiger partial charge in [0, 0.05) is 17.1 Å². The van der Waals surface area contributed by atoms with Gasteiger partial charge in [0.15, 0.2) is 5.76 Å². The lowest BCUT2D eigenvalue weighted by Gasteiger charge is -2.25. The fourth-order valence-electron chi connectivity index (χ4n) is 2.91. The molecule has 0 radical (unpaired) electrons. The van der Waals surface area contributed by atoms with Gasteiger partial charge in [-0.05, 0) is 43.9 Å². The van der Waals surface area contributed by atoms with E-state index in [1.165, 1.54) is 6.26 Å². The van der Waals surface area contributed by atoms with Crippen LogP contribution in [0.5, 0.6) is 5.75 Å². The minimum atomic E-state index is -0.282. The molecule has 0 aliphatic rings. The average molecular weight is 399 g/mol. The highest BCUT2D eigenvalue weighted by Crippen LogP contribution is 2.25. The summed E-state index contributed by atoms with van der Waals surface area (Å²) in [5.41, 5.74) is 1.65. The van der Waals surface area contributed by atoms with Gasteiger partial charge in [0.1, 0.15) is 12.4 Å². The summed E-state index contributed by atoms with van der Waals surface area (Å²) in [6.07, 6.45) is 1.50. The Bertz CT molecular complexity index is 909. The number of para-hydroxylation sites is 1. The molecule has 0 bridgehead atoms. The lowest BCUT2D eigenvalue weighted by molar-refractivity contribution is 0.0910. The number of hydrogen-bond acceptors (Lipinski definition) is 4. The van der Waals surface area contributed by atoms with E-state index in [1.54, 1.807) is 6.07 Å². The molecule has 28 heavy (non-hydrogen) atoms. The Hall–Kier alpha value is -2.76. The molecule has 6 heteroatoms. The topological polar surface area (TPSA) is 54.7 Å². The average Bonchev–Trinajstić information content (AvgIpc) is 3.17. The maximum Gasteiger partial charge on any atom is 0.287 e. The normalized spacial score (nSPS) is 12.0. The van der Waals surface area contributed by atoms with Crippen molar-refractivity contribution in [1.29, 1.82) is 0 Å². The number of nitrogens with one attached hydrogen (secondary N) is 1. The van der Waals surface area contributed by atoms with Crippen molar-refractivity contribution in [3.05, 3.63) is 88.8 Å². The van der Waals surface area contributed by atoms with Gasteiger partial charge in [-0.15, -0.1) is 0 Å². The zero-order valence-electron chi connectivity index (χ0n) is 15.9. The van der Waals surface area contributed by atoms with Crippen LogP contribution < -0.4 is 10.1 Å². The summed E-state index contributed by atoms with van der Waals surface area (Å²) in [5.74, 6) is 0.713. The summed E-state index contributed by atoms with van der Waals surface area (Å²) in [6, 6.07) is 18.8. The molecular weight excluding hydrogens is 376 g/mol. The van der Waals surface area contributed by atoms with Crippen LogP contribution in [0.3, 0.4) is 0 Å². The van der Waals surface area contributed by atoms with Crippen molar-refractivity contribution in [3.8, 4) is 5.75 Å². The summed E-state index contributed by atoms with van der Waals surface area (Å²) in [6.45, 7) is 0.653. The summed E-state index contributed by atoms with van der Waals surface area (Å²) >= 11 is 6.33. The maximum atomic E-state index is 12.7. The molecule has 1 N–H and O–H groups in total. The van der Waals surface area contributed by atoms with Gasteiger partial charge in [-0.1, -0.05) is 48.0 Å². The Balaban J connectivity index is 1.65. The summed E-state index contributed by atoms with van der Waals surface area (Å²) in [4.78, 5) is 14.7.